The van der Waals surface area contributed by atoms with Crippen LogP contribution in [0.4, 0.5) is 0 Å². The molecule has 1 aromatic heterocycles. The fourth-order valence-electron chi connectivity index (χ4n) is 2.26. The third kappa shape index (κ3) is 2.57. The summed E-state index contributed by atoms with van der Waals surface area (Å²) in [5.74, 6) is 0.881. The Morgan fingerprint density at radius 1 is 1.10 bits per heavy atom. The minimum Gasteiger partial charge on any atom is -0.508 e. The van der Waals surface area contributed by atoms with Crippen LogP contribution in [0.25, 0.3) is 10.9 Å². The summed E-state index contributed by atoms with van der Waals surface area (Å²) in [4.78, 5) is 4.40. The van der Waals surface area contributed by atoms with Gasteiger partial charge in [-0.05, 0) is 30.7 Å². The number of phenolic OH excluding ortho intramolecular Hbond substituents is 1. The zero-order valence-corrected chi connectivity index (χ0v) is 11.2. The Balaban J connectivity index is 1.87. The van der Waals surface area contributed by atoms with Gasteiger partial charge in [-0.3, -0.25) is 4.98 Å². The number of ether oxygens (including phenoxy) is 1. The van der Waals surface area contributed by atoms with Crippen LogP contribution in [-0.4, -0.2) is 10.1 Å². The lowest BCUT2D eigenvalue weighted by Gasteiger charge is -2.09. The van der Waals surface area contributed by atoms with Gasteiger partial charge in [0.1, 0.15) is 18.1 Å². The summed E-state index contributed by atoms with van der Waals surface area (Å²) >= 11 is 0. The van der Waals surface area contributed by atoms with Crippen LogP contribution in [0.1, 0.15) is 11.1 Å². The fraction of sp³-hybridized carbons (Fsp3) is 0.118. The number of pyridine rings is 1. The van der Waals surface area contributed by atoms with Crippen molar-refractivity contribution < 1.29 is 9.84 Å². The smallest absolute Gasteiger partial charge is 0.123 e. The molecule has 1 heterocycles. The Bertz CT molecular complexity index is 727. The van der Waals surface area contributed by atoms with Gasteiger partial charge in [0.25, 0.3) is 0 Å². The first-order valence-corrected chi connectivity index (χ1v) is 6.48. The van der Waals surface area contributed by atoms with Crippen molar-refractivity contribution in [2.75, 3.05) is 0 Å². The highest BCUT2D eigenvalue weighted by molar-refractivity contribution is 5.81. The number of aryl methyl sites for hydroxylation is 1. The molecule has 0 bridgehead atoms. The SMILES string of the molecule is Cc1cc(O)cc(OCc2cccc3cccnc23)c1. The van der Waals surface area contributed by atoms with E-state index in [1.807, 2.05) is 43.3 Å². The molecule has 0 unspecified atom stereocenters. The van der Waals surface area contributed by atoms with Crippen molar-refractivity contribution in [1.29, 1.82) is 0 Å². The molecule has 2 aromatic carbocycles. The number of phenols is 1. The zero-order chi connectivity index (χ0) is 13.9. The molecule has 0 aliphatic carbocycles. The third-order valence-corrected chi connectivity index (χ3v) is 3.15. The molecule has 3 rings (SSSR count). The molecule has 0 aliphatic rings. The molecule has 1 N–H and O–H groups in total. The van der Waals surface area contributed by atoms with Crippen molar-refractivity contribution in [2.24, 2.45) is 0 Å². The predicted molar refractivity (Wildman–Crippen MR) is 78.9 cm³/mol. The second-order valence-corrected chi connectivity index (χ2v) is 4.79. The lowest BCUT2D eigenvalue weighted by atomic mass is 10.1. The lowest BCUT2D eigenvalue weighted by molar-refractivity contribution is 0.305. The molecule has 0 spiro atoms. The summed E-state index contributed by atoms with van der Waals surface area (Å²) in [5.41, 5.74) is 2.95. The topological polar surface area (TPSA) is 42.4 Å². The van der Waals surface area contributed by atoms with Crippen LogP contribution >= 0.6 is 0 Å². The van der Waals surface area contributed by atoms with E-state index in [2.05, 4.69) is 4.98 Å². The van der Waals surface area contributed by atoms with Gasteiger partial charge in [0.15, 0.2) is 0 Å². The quantitative estimate of drug-likeness (QED) is 0.782. The number of aromatic hydroxyl groups is 1. The number of nitrogens with zero attached hydrogens (tertiary/aromatic N) is 1. The van der Waals surface area contributed by atoms with Gasteiger partial charge in [-0.2, -0.15) is 0 Å². The molecule has 0 amide bonds. The summed E-state index contributed by atoms with van der Waals surface area (Å²) < 4.78 is 5.76. The Kier molecular flexibility index (Phi) is 3.25. The Hall–Kier alpha value is -2.55. The molecule has 20 heavy (non-hydrogen) atoms. The van der Waals surface area contributed by atoms with Crippen LogP contribution in [0, 0.1) is 6.92 Å². The van der Waals surface area contributed by atoms with Gasteiger partial charge >= 0.3 is 0 Å². The summed E-state index contributed by atoms with van der Waals surface area (Å²) in [6.07, 6.45) is 1.78. The Morgan fingerprint density at radius 2 is 1.95 bits per heavy atom. The van der Waals surface area contributed by atoms with E-state index >= 15 is 0 Å². The average Bonchev–Trinajstić information content (AvgIpc) is 2.44. The maximum atomic E-state index is 9.57. The van der Waals surface area contributed by atoms with Gasteiger partial charge < -0.3 is 9.84 Å². The second-order valence-electron chi connectivity index (χ2n) is 4.79. The van der Waals surface area contributed by atoms with Crippen LogP contribution in [-0.2, 0) is 6.61 Å². The van der Waals surface area contributed by atoms with Gasteiger partial charge in [-0.1, -0.05) is 24.3 Å². The van der Waals surface area contributed by atoms with E-state index in [0.29, 0.717) is 12.4 Å². The minimum atomic E-state index is 0.219. The van der Waals surface area contributed by atoms with Gasteiger partial charge in [-0.25, -0.2) is 0 Å². The Morgan fingerprint density at radius 3 is 2.80 bits per heavy atom. The van der Waals surface area contributed by atoms with E-state index in [9.17, 15) is 5.11 Å². The van der Waals surface area contributed by atoms with Crippen LogP contribution in [0.15, 0.2) is 54.7 Å². The molecular weight excluding hydrogens is 250 g/mol. The molecule has 100 valence electrons. The Labute approximate surface area is 117 Å². The average molecular weight is 265 g/mol. The highest BCUT2D eigenvalue weighted by Crippen LogP contribution is 2.23. The van der Waals surface area contributed by atoms with E-state index < -0.39 is 0 Å². The van der Waals surface area contributed by atoms with Crippen LogP contribution in [0.5, 0.6) is 11.5 Å². The zero-order valence-electron chi connectivity index (χ0n) is 11.2. The molecule has 0 aliphatic heterocycles. The van der Waals surface area contributed by atoms with Gasteiger partial charge in [0.2, 0.25) is 0 Å². The molecule has 0 fully saturated rings. The molecule has 0 radical (unpaired) electrons. The lowest BCUT2D eigenvalue weighted by Crippen LogP contribution is -1.97. The molecule has 3 aromatic rings. The van der Waals surface area contributed by atoms with Crippen molar-refractivity contribution in [3.8, 4) is 11.5 Å². The van der Waals surface area contributed by atoms with E-state index in [4.69, 9.17) is 4.74 Å². The largest absolute Gasteiger partial charge is 0.508 e. The van der Waals surface area contributed by atoms with Crippen LogP contribution < -0.4 is 4.74 Å². The van der Waals surface area contributed by atoms with Crippen molar-refractivity contribution in [2.45, 2.75) is 13.5 Å². The maximum absolute atomic E-state index is 9.57. The number of benzene rings is 2. The number of fused-ring (bicyclic) bond motifs is 1. The minimum absolute atomic E-state index is 0.219. The number of hydrogen-bond donors (Lipinski definition) is 1. The van der Waals surface area contributed by atoms with E-state index in [1.165, 1.54) is 0 Å². The van der Waals surface area contributed by atoms with Crippen molar-refractivity contribution >= 4 is 10.9 Å². The van der Waals surface area contributed by atoms with Crippen molar-refractivity contribution in [1.82, 2.24) is 4.98 Å². The second kappa shape index (κ2) is 5.21. The van der Waals surface area contributed by atoms with Gasteiger partial charge in [0.05, 0.1) is 5.52 Å². The first kappa shape index (κ1) is 12.5. The standard InChI is InChI=1S/C17H15NO2/c1-12-8-15(19)10-16(9-12)20-11-14-5-2-4-13-6-3-7-18-17(13)14/h2-10,19H,11H2,1H3. The molecular formula is C17H15NO2. The molecule has 3 nitrogen and oxygen atoms in total. The molecule has 3 heteroatoms. The maximum Gasteiger partial charge on any atom is 0.123 e. The summed E-state index contributed by atoms with van der Waals surface area (Å²) in [7, 11) is 0. The van der Waals surface area contributed by atoms with E-state index in [-0.39, 0.29) is 5.75 Å². The normalized spacial score (nSPS) is 10.7. The van der Waals surface area contributed by atoms with E-state index in [0.717, 1.165) is 22.0 Å². The number of para-hydroxylation sites is 1. The monoisotopic (exact) mass is 265 g/mol. The first-order valence-electron chi connectivity index (χ1n) is 6.48. The number of rotatable bonds is 3. The predicted octanol–water partition coefficient (Wildman–Crippen LogP) is 3.83. The fourth-order valence-corrected chi connectivity index (χ4v) is 2.26. The van der Waals surface area contributed by atoms with Gasteiger partial charge in [0, 0.05) is 23.2 Å². The van der Waals surface area contributed by atoms with Crippen molar-refractivity contribution in [3.63, 3.8) is 0 Å². The third-order valence-electron chi connectivity index (χ3n) is 3.15. The number of hydrogen-bond acceptors (Lipinski definition) is 3. The highest BCUT2D eigenvalue weighted by atomic mass is 16.5. The highest BCUT2D eigenvalue weighted by Gasteiger charge is 2.04. The molecule has 0 saturated heterocycles. The summed E-state index contributed by atoms with van der Waals surface area (Å²) in [6, 6.07) is 15.2. The first-order chi connectivity index (χ1) is 9.72. The summed E-state index contributed by atoms with van der Waals surface area (Å²) in [6.45, 7) is 2.35. The molecule has 0 saturated carbocycles. The van der Waals surface area contributed by atoms with Crippen molar-refractivity contribution in [3.05, 3.63) is 65.9 Å². The van der Waals surface area contributed by atoms with Crippen LogP contribution in [0.2, 0.25) is 0 Å². The molecule has 0 atom stereocenters. The summed E-state index contributed by atoms with van der Waals surface area (Å²) in [5, 5.41) is 10.7. The van der Waals surface area contributed by atoms with Crippen LogP contribution in [0.3, 0.4) is 0 Å². The van der Waals surface area contributed by atoms with Gasteiger partial charge in [-0.15, -0.1) is 0 Å². The number of aromatic nitrogens is 1. The van der Waals surface area contributed by atoms with E-state index in [1.54, 1.807) is 18.3 Å².